The first-order chi connectivity index (χ1) is 7.31. The highest BCUT2D eigenvalue weighted by Gasteiger charge is 2.11. The van der Waals surface area contributed by atoms with Crippen LogP contribution in [0.1, 0.15) is 10.5 Å². The molecular formula is C9H6ClN3OS. The molecule has 0 aromatic carbocycles. The number of hydrogen-bond donors (Lipinski definition) is 0. The van der Waals surface area contributed by atoms with Gasteiger partial charge in [-0.2, -0.15) is 0 Å². The molecule has 6 heteroatoms. The second kappa shape index (κ2) is 4.46. The van der Waals surface area contributed by atoms with Crippen molar-refractivity contribution < 1.29 is 4.79 Å². The van der Waals surface area contributed by atoms with Crippen LogP contribution in [-0.2, 0) is 0 Å². The maximum Gasteiger partial charge on any atom is 0.196 e. The zero-order chi connectivity index (χ0) is 10.7. The van der Waals surface area contributed by atoms with Crippen LogP contribution in [0.5, 0.6) is 0 Å². The minimum absolute atomic E-state index is 0.0567. The van der Waals surface area contributed by atoms with Gasteiger partial charge in [-0.1, -0.05) is 0 Å². The fraction of sp³-hybridized carbons (Fsp3) is 0.111. The molecule has 0 bridgehead atoms. The molecule has 0 amide bonds. The lowest BCUT2D eigenvalue weighted by molar-refractivity contribution is 0.101. The van der Waals surface area contributed by atoms with Crippen LogP contribution >= 0.6 is 22.9 Å². The van der Waals surface area contributed by atoms with E-state index in [4.69, 9.17) is 11.6 Å². The molecule has 2 rings (SSSR count). The number of carbonyl (C=O) groups excluding carboxylic acids is 1. The van der Waals surface area contributed by atoms with Gasteiger partial charge in [0.25, 0.3) is 0 Å². The normalized spacial score (nSPS) is 10.2. The van der Waals surface area contributed by atoms with Gasteiger partial charge in [-0.25, -0.2) is 15.0 Å². The second-order valence-corrected chi connectivity index (χ2v) is 3.79. The number of rotatable bonds is 3. The Balaban J connectivity index is 2.32. The summed E-state index contributed by atoms with van der Waals surface area (Å²) in [4.78, 5) is 23.4. The van der Waals surface area contributed by atoms with E-state index >= 15 is 0 Å². The molecule has 0 fully saturated rings. The molecule has 4 nitrogen and oxygen atoms in total. The summed E-state index contributed by atoms with van der Waals surface area (Å²) < 4.78 is 0. The number of ketones is 1. The second-order valence-electron chi connectivity index (χ2n) is 2.67. The van der Waals surface area contributed by atoms with Gasteiger partial charge >= 0.3 is 0 Å². The van der Waals surface area contributed by atoms with Crippen molar-refractivity contribution in [2.75, 3.05) is 5.88 Å². The Morgan fingerprint density at radius 1 is 1.40 bits per heavy atom. The predicted octanol–water partition coefficient (Wildman–Crippen LogP) is 2.02. The number of nitrogens with zero attached hydrogens (tertiary/aromatic N) is 3. The van der Waals surface area contributed by atoms with E-state index in [1.165, 1.54) is 11.3 Å². The van der Waals surface area contributed by atoms with E-state index in [1.54, 1.807) is 23.8 Å². The topological polar surface area (TPSA) is 55.7 Å². The third kappa shape index (κ3) is 2.19. The van der Waals surface area contributed by atoms with E-state index in [9.17, 15) is 4.79 Å². The zero-order valence-corrected chi connectivity index (χ0v) is 9.13. The van der Waals surface area contributed by atoms with E-state index in [2.05, 4.69) is 15.0 Å². The number of carbonyl (C=O) groups is 1. The number of thiazole rings is 1. The van der Waals surface area contributed by atoms with Crippen LogP contribution in [0.3, 0.4) is 0 Å². The first-order valence-corrected chi connectivity index (χ1v) is 5.55. The smallest absolute Gasteiger partial charge is 0.196 e. The van der Waals surface area contributed by atoms with Gasteiger partial charge in [0.1, 0.15) is 5.69 Å². The zero-order valence-electron chi connectivity index (χ0n) is 7.55. The molecule has 0 N–H and O–H groups in total. The maximum atomic E-state index is 11.2. The third-order valence-electron chi connectivity index (χ3n) is 1.67. The van der Waals surface area contributed by atoms with Crippen molar-refractivity contribution in [2.24, 2.45) is 0 Å². The molecule has 2 heterocycles. The Hall–Kier alpha value is -1.33. The van der Waals surface area contributed by atoms with Gasteiger partial charge in [-0.3, -0.25) is 4.79 Å². The van der Waals surface area contributed by atoms with E-state index in [0.29, 0.717) is 16.5 Å². The van der Waals surface area contributed by atoms with Gasteiger partial charge in [0, 0.05) is 17.8 Å². The quantitative estimate of drug-likeness (QED) is 0.607. The Bertz CT molecular complexity index is 471. The number of Topliss-reactive ketones (excluding diaryl/α,β-unsaturated/α-hetero) is 1. The van der Waals surface area contributed by atoms with Crippen molar-refractivity contribution in [2.45, 2.75) is 0 Å². The molecule has 0 saturated heterocycles. The fourth-order valence-corrected chi connectivity index (χ4v) is 1.89. The predicted molar refractivity (Wildman–Crippen MR) is 58.2 cm³/mol. The van der Waals surface area contributed by atoms with Gasteiger partial charge in [0.15, 0.2) is 16.6 Å². The lowest BCUT2D eigenvalue weighted by Crippen LogP contribution is -2.00. The number of aromatic nitrogens is 3. The molecule has 0 spiro atoms. The molecule has 0 aliphatic carbocycles. The molecule has 15 heavy (non-hydrogen) atoms. The van der Waals surface area contributed by atoms with Crippen LogP contribution in [0.25, 0.3) is 10.8 Å². The molecule has 0 atom stereocenters. The Morgan fingerprint density at radius 2 is 2.13 bits per heavy atom. The van der Waals surface area contributed by atoms with E-state index in [1.807, 2.05) is 0 Å². The van der Waals surface area contributed by atoms with E-state index in [0.717, 1.165) is 0 Å². The standard InChI is InChI=1S/C9H6ClN3OS/c10-4-7(14)6-5-15-9(13-6)8-11-2-1-3-12-8/h1-3,5H,4H2. The molecule has 0 saturated carbocycles. The first-order valence-electron chi connectivity index (χ1n) is 4.13. The van der Waals surface area contributed by atoms with Crippen molar-refractivity contribution in [3.8, 4) is 10.8 Å². The van der Waals surface area contributed by atoms with Crippen molar-refractivity contribution in [3.63, 3.8) is 0 Å². The van der Waals surface area contributed by atoms with Crippen LogP contribution in [0.15, 0.2) is 23.8 Å². The highest BCUT2D eigenvalue weighted by Crippen LogP contribution is 2.19. The highest BCUT2D eigenvalue weighted by molar-refractivity contribution is 7.13. The minimum Gasteiger partial charge on any atom is -0.291 e. The highest BCUT2D eigenvalue weighted by atomic mass is 35.5. The summed E-state index contributed by atoms with van der Waals surface area (Å²) in [7, 11) is 0. The summed E-state index contributed by atoms with van der Waals surface area (Å²) in [5.74, 6) is 0.282. The molecule has 0 unspecified atom stereocenters. The number of halogens is 1. The SMILES string of the molecule is O=C(CCl)c1csc(-c2ncccn2)n1. The number of alkyl halides is 1. The largest absolute Gasteiger partial charge is 0.291 e. The summed E-state index contributed by atoms with van der Waals surface area (Å²) in [6, 6.07) is 1.72. The van der Waals surface area contributed by atoms with Crippen LogP contribution in [0.4, 0.5) is 0 Å². The average Bonchev–Trinajstić information content (AvgIpc) is 2.78. The first kappa shape index (κ1) is 10.2. The molecule has 0 radical (unpaired) electrons. The van der Waals surface area contributed by atoms with Crippen LogP contribution in [0, 0.1) is 0 Å². The molecular weight excluding hydrogens is 234 g/mol. The summed E-state index contributed by atoms with van der Waals surface area (Å²) in [5, 5.41) is 2.29. The third-order valence-corrected chi connectivity index (χ3v) is 2.75. The van der Waals surface area contributed by atoms with Crippen molar-refractivity contribution in [1.29, 1.82) is 0 Å². The molecule has 0 aliphatic heterocycles. The van der Waals surface area contributed by atoms with Gasteiger partial charge in [-0.05, 0) is 6.07 Å². The fourth-order valence-electron chi connectivity index (χ4n) is 0.983. The van der Waals surface area contributed by atoms with Crippen LogP contribution in [-0.4, -0.2) is 26.6 Å². The molecule has 76 valence electrons. The molecule has 2 aromatic rings. The van der Waals surface area contributed by atoms with E-state index in [-0.39, 0.29) is 11.7 Å². The minimum atomic E-state index is -0.185. The van der Waals surface area contributed by atoms with Crippen LogP contribution in [0.2, 0.25) is 0 Å². The monoisotopic (exact) mass is 239 g/mol. The molecule has 0 aliphatic rings. The van der Waals surface area contributed by atoms with Gasteiger partial charge in [-0.15, -0.1) is 22.9 Å². The lowest BCUT2D eigenvalue weighted by Gasteiger charge is -1.91. The summed E-state index contributed by atoms with van der Waals surface area (Å²) in [5.41, 5.74) is 0.373. The van der Waals surface area contributed by atoms with Gasteiger partial charge in [0.2, 0.25) is 0 Å². The van der Waals surface area contributed by atoms with Crippen molar-refractivity contribution in [3.05, 3.63) is 29.5 Å². The lowest BCUT2D eigenvalue weighted by atomic mass is 10.3. The Labute approximate surface area is 95.0 Å². The summed E-state index contributed by atoms with van der Waals surface area (Å²) in [6.45, 7) is 0. The molecule has 2 aromatic heterocycles. The van der Waals surface area contributed by atoms with E-state index < -0.39 is 0 Å². The van der Waals surface area contributed by atoms with Crippen molar-refractivity contribution >= 4 is 28.7 Å². The summed E-state index contributed by atoms with van der Waals surface area (Å²) in [6.07, 6.45) is 3.26. The average molecular weight is 240 g/mol. The Kier molecular flexibility index (Phi) is 3.03. The maximum absolute atomic E-state index is 11.2. The van der Waals surface area contributed by atoms with Crippen molar-refractivity contribution in [1.82, 2.24) is 15.0 Å². The van der Waals surface area contributed by atoms with Gasteiger partial charge < -0.3 is 0 Å². The Morgan fingerprint density at radius 3 is 2.80 bits per heavy atom. The number of hydrogen-bond acceptors (Lipinski definition) is 5. The van der Waals surface area contributed by atoms with Gasteiger partial charge in [0.05, 0.1) is 5.88 Å². The summed E-state index contributed by atoms with van der Waals surface area (Å²) >= 11 is 6.76. The van der Waals surface area contributed by atoms with Crippen LogP contribution < -0.4 is 0 Å².